The van der Waals surface area contributed by atoms with E-state index in [1.54, 1.807) is 11.3 Å². The minimum absolute atomic E-state index is 0.708. The summed E-state index contributed by atoms with van der Waals surface area (Å²) in [5.74, 6) is 1.70. The van der Waals surface area contributed by atoms with E-state index in [4.69, 9.17) is 14.7 Å². The standard InChI is InChI=1S/C24H25N5OS/c1-3-5-6-16(4-2)20-14-19-21(31-20)24(29-9-11-30-12-10-29)28-23(27-19)18-13-17-7-8-25-22(17)26-15-18/h4-8,13-15H,3,9-12H2,1-2H3,(H,25,26)/b6-5-,16-4+. The number of ether oxygens (including phenoxy) is 1. The molecule has 0 radical (unpaired) electrons. The third-order valence-corrected chi connectivity index (χ3v) is 6.62. The van der Waals surface area contributed by atoms with Gasteiger partial charge in [0.1, 0.15) is 5.65 Å². The number of thiophene rings is 1. The van der Waals surface area contributed by atoms with E-state index in [1.807, 2.05) is 18.5 Å². The third kappa shape index (κ3) is 3.86. The minimum Gasteiger partial charge on any atom is -0.378 e. The van der Waals surface area contributed by atoms with Gasteiger partial charge in [-0.3, -0.25) is 0 Å². The van der Waals surface area contributed by atoms with E-state index in [0.717, 1.165) is 65.4 Å². The molecule has 0 atom stereocenters. The van der Waals surface area contributed by atoms with Crippen molar-refractivity contribution in [2.75, 3.05) is 31.2 Å². The Morgan fingerprint density at radius 1 is 1.26 bits per heavy atom. The molecule has 158 valence electrons. The number of nitrogens with one attached hydrogen (secondary N) is 1. The summed E-state index contributed by atoms with van der Waals surface area (Å²) in [5.41, 5.74) is 3.99. The quantitative estimate of drug-likeness (QED) is 0.426. The predicted octanol–water partition coefficient (Wildman–Crippen LogP) is 5.44. The molecule has 1 fully saturated rings. The number of aromatic amines is 1. The number of aromatic nitrogens is 4. The molecule has 0 amide bonds. The van der Waals surface area contributed by atoms with Crippen LogP contribution in [-0.2, 0) is 4.74 Å². The summed E-state index contributed by atoms with van der Waals surface area (Å²) < 4.78 is 6.70. The van der Waals surface area contributed by atoms with Crippen molar-refractivity contribution in [2.45, 2.75) is 20.3 Å². The van der Waals surface area contributed by atoms with E-state index >= 15 is 0 Å². The molecule has 7 heteroatoms. The molecule has 5 rings (SSSR count). The Morgan fingerprint density at radius 2 is 2.13 bits per heavy atom. The maximum absolute atomic E-state index is 5.58. The van der Waals surface area contributed by atoms with Crippen molar-refractivity contribution >= 4 is 44.0 Å². The van der Waals surface area contributed by atoms with Crippen LogP contribution in [0.25, 0.3) is 38.2 Å². The number of pyridine rings is 1. The van der Waals surface area contributed by atoms with Gasteiger partial charge in [0.15, 0.2) is 11.6 Å². The Kier molecular flexibility index (Phi) is 5.53. The highest BCUT2D eigenvalue weighted by Crippen LogP contribution is 2.37. The van der Waals surface area contributed by atoms with Crippen LogP contribution in [0.2, 0.25) is 0 Å². The summed E-state index contributed by atoms with van der Waals surface area (Å²) in [5, 5.41) is 1.06. The van der Waals surface area contributed by atoms with Gasteiger partial charge in [-0.15, -0.1) is 11.3 Å². The van der Waals surface area contributed by atoms with Crippen molar-refractivity contribution in [3.05, 3.63) is 53.7 Å². The van der Waals surface area contributed by atoms with E-state index in [2.05, 4.69) is 59.1 Å². The number of allylic oxidation sites excluding steroid dienone is 4. The Morgan fingerprint density at radius 3 is 2.94 bits per heavy atom. The highest BCUT2D eigenvalue weighted by atomic mass is 32.1. The van der Waals surface area contributed by atoms with Crippen molar-refractivity contribution in [3.63, 3.8) is 0 Å². The molecule has 6 nitrogen and oxygen atoms in total. The predicted molar refractivity (Wildman–Crippen MR) is 129 cm³/mol. The van der Waals surface area contributed by atoms with Crippen LogP contribution in [0.4, 0.5) is 5.82 Å². The van der Waals surface area contributed by atoms with Crippen molar-refractivity contribution in [3.8, 4) is 11.4 Å². The fourth-order valence-electron chi connectivity index (χ4n) is 3.80. The van der Waals surface area contributed by atoms with Gasteiger partial charge in [0, 0.05) is 41.3 Å². The molecule has 0 aromatic carbocycles. The summed E-state index contributed by atoms with van der Waals surface area (Å²) >= 11 is 1.76. The normalized spacial score (nSPS) is 15.5. The SMILES string of the molecule is C/C=C(\C=C/CC)c1cc2nc(-c3cnc4[nH]ccc4c3)nc(N3CCOCC3)c2s1. The molecule has 1 aliphatic rings. The van der Waals surface area contributed by atoms with Crippen LogP contribution in [0.1, 0.15) is 25.1 Å². The first kappa shape index (κ1) is 19.9. The Bertz CT molecular complexity index is 1280. The maximum Gasteiger partial charge on any atom is 0.163 e. The molecular weight excluding hydrogens is 406 g/mol. The Labute approximate surface area is 185 Å². The number of hydrogen-bond donors (Lipinski definition) is 1. The van der Waals surface area contributed by atoms with E-state index in [-0.39, 0.29) is 0 Å². The molecule has 1 N–H and O–H groups in total. The molecule has 0 unspecified atom stereocenters. The molecule has 4 aromatic rings. The zero-order valence-corrected chi connectivity index (χ0v) is 18.6. The lowest BCUT2D eigenvalue weighted by Gasteiger charge is -2.28. The van der Waals surface area contributed by atoms with Gasteiger partial charge >= 0.3 is 0 Å². The lowest BCUT2D eigenvalue weighted by molar-refractivity contribution is 0.122. The monoisotopic (exact) mass is 431 g/mol. The largest absolute Gasteiger partial charge is 0.378 e. The number of hydrogen-bond acceptors (Lipinski definition) is 6. The van der Waals surface area contributed by atoms with E-state index < -0.39 is 0 Å². The maximum atomic E-state index is 5.58. The summed E-state index contributed by atoms with van der Waals surface area (Å²) in [6.07, 6.45) is 11.3. The molecule has 5 heterocycles. The highest BCUT2D eigenvalue weighted by molar-refractivity contribution is 7.20. The fourth-order valence-corrected chi connectivity index (χ4v) is 4.97. The number of H-pyrrole nitrogens is 1. The molecule has 0 aliphatic carbocycles. The van der Waals surface area contributed by atoms with Crippen LogP contribution in [-0.4, -0.2) is 46.2 Å². The van der Waals surface area contributed by atoms with Crippen molar-refractivity contribution in [1.29, 1.82) is 0 Å². The van der Waals surface area contributed by atoms with Crippen molar-refractivity contribution < 1.29 is 4.74 Å². The topological polar surface area (TPSA) is 66.9 Å². The van der Waals surface area contributed by atoms with Crippen LogP contribution in [0, 0.1) is 0 Å². The Balaban J connectivity index is 1.67. The molecular formula is C24H25N5OS. The fraction of sp³-hybridized carbons (Fsp3) is 0.292. The van der Waals surface area contributed by atoms with Crippen molar-refractivity contribution in [2.24, 2.45) is 0 Å². The van der Waals surface area contributed by atoms with E-state index in [0.29, 0.717) is 5.82 Å². The molecule has 4 aromatic heterocycles. The zero-order chi connectivity index (χ0) is 21.2. The second-order valence-corrected chi connectivity index (χ2v) is 8.54. The number of anilines is 1. The van der Waals surface area contributed by atoms with Crippen LogP contribution in [0.3, 0.4) is 0 Å². The average Bonchev–Trinajstić information content (AvgIpc) is 3.46. The van der Waals surface area contributed by atoms with Crippen LogP contribution in [0.15, 0.2) is 48.8 Å². The van der Waals surface area contributed by atoms with Crippen LogP contribution in [0.5, 0.6) is 0 Å². The van der Waals surface area contributed by atoms with Gasteiger partial charge in [-0.1, -0.05) is 25.2 Å². The lowest BCUT2D eigenvalue weighted by atomic mass is 10.2. The molecule has 0 spiro atoms. The first-order valence-electron chi connectivity index (χ1n) is 10.7. The molecule has 1 aliphatic heterocycles. The summed E-state index contributed by atoms with van der Waals surface area (Å²) in [6.45, 7) is 7.33. The van der Waals surface area contributed by atoms with E-state index in [9.17, 15) is 0 Å². The van der Waals surface area contributed by atoms with Crippen molar-refractivity contribution in [1.82, 2.24) is 19.9 Å². The van der Waals surface area contributed by atoms with Gasteiger partial charge in [0.25, 0.3) is 0 Å². The smallest absolute Gasteiger partial charge is 0.163 e. The van der Waals surface area contributed by atoms with Crippen LogP contribution >= 0.6 is 11.3 Å². The van der Waals surface area contributed by atoms with E-state index in [1.165, 1.54) is 10.5 Å². The van der Waals surface area contributed by atoms with Gasteiger partial charge in [0.05, 0.1) is 23.4 Å². The summed E-state index contributed by atoms with van der Waals surface area (Å²) in [4.78, 5) is 21.2. The van der Waals surface area contributed by atoms with Crippen LogP contribution < -0.4 is 4.90 Å². The van der Waals surface area contributed by atoms with Gasteiger partial charge in [-0.25, -0.2) is 15.0 Å². The lowest BCUT2D eigenvalue weighted by Crippen LogP contribution is -2.36. The second-order valence-electron chi connectivity index (χ2n) is 7.49. The first-order chi connectivity index (χ1) is 15.3. The third-order valence-electron chi connectivity index (χ3n) is 5.45. The summed E-state index contributed by atoms with van der Waals surface area (Å²) in [6, 6.07) is 6.30. The molecule has 0 bridgehead atoms. The summed E-state index contributed by atoms with van der Waals surface area (Å²) in [7, 11) is 0. The highest BCUT2D eigenvalue weighted by Gasteiger charge is 2.21. The first-order valence-corrected chi connectivity index (χ1v) is 11.5. The Hall–Kier alpha value is -3.03. The number of rotatable bonds is 5. The van der Waals surface area contributed by atoms with Gasteiger partial charge in [-0.05, 0) is 37.1 Å². The number of fused-ring (bicyclic) bond motifs is 2. The zero-order valence-electron chi connectivity index (χ0n) is 17.8. The molecule has 0 saturated carbocycles. The number of nitrogens with zero attached hydrogens (tertiary/aromatic N) is 4. The number of morpholine rings is 1. The van der Waals surface area contributed by atoms with Gasteiger partial charge in [-0.2, -0.15) is 0 Å². The molecule has 31 heavy (non-hydrogen) atoms. The minimum atomic E-state index is 0.708. The second kappa shape index (κ2) is 8.61. The molecule has 1 saturated heterocycles. The average molecular weight is 432 g/mol. The van der Waals surface area contributed by atoms with Gasteiger partial charge in [0.2, 0.25) is 0 Å². The van der Waals surface area contributed by atoms with Gasteiger partial charge < -0.3 is 14.6 Å².